The number of carbonyl (C=O) groups excluding carboxylic acids is 4. The SMILES string of the molecule is [2H]CN(CCNC(=O)OCC)C(=O)CC[C@H](NC(=O)OC(C)(C)C)C(=O)OC. The highest BCUT2D eigenvalue weighted by molar-refractivity contribution is 5.83. The van der Waals surface area contributed by atoms with Crippen molar-refractivity contribution in [3.05, 3.63) is 0 Å². The number of amides is 3. The second-order valence-corrected chi connectivity index (χ2v) is 6.57. The number of carbonyl (C=O) groups is 4. The van der Waals surface area contributed by atoms with Crippen molar-refractivity contribution in [3.8, 4) is 0 Å². The van der Waals surface area contributed by atoms with E-state index in [-0.39, 0.29) is 39.6 Å². The Kier molecular flexibility index (Phi) is 9.99. The van der Waals surface area contributed by atoms with Gasteiger partial charge in [0.1, 0.15) is 11.6 Å². The first-order valence-corrected chi connectivity index (χ1v) is 8.59. The molecule has 0 aromatic carbocycles. The summed E-state index contributed by atoms with van der Waals surface area (Å²) >= 11 is 0. The summed E-state index contributed by atoms with van der Waals surface area (Å²) in [5.41, 5.74) is -0.742. The summed E-state index contributed by atoms with van der Waals surface area (Å²) in [5.74, 6) is -1.11. The van der Waals surface area contributed by atoms with Gasteiger partial charge in [-0.25, -0.2) is 14.4 Å². The molecule has 27 heavy (non-hydrogen) atoms. The fraction of sp³-hybridized carbons (Fsp3) is 0.765. The Morgan fingerprint density at radius 2 is 1.85 bits per heavy atom. The molecule has 0 saturated heterocycles. The van der Waals surface area contributed by atoms with Crippen molar-refractivity contribution in [1.82, 2.24) is 15.5 Å². The Balaban J connectivity index is 4.63. The molecule has 2 N–H and O–H groups in total. The summed E-state index contributed by atoms with van der Waals surface area (Å²) in [4.78, 5) is 48.4. The highest BCUT2D eigenvalue weighted by Crippen LogP contribution is 2.09. The van der Waals surface area contributed by atoms with E-state index in [4.69, 9.17) is 10.8 Å². The third kappa shape index (κ3) is 11.7. The first kappa shape index (κ1) is 22.5. The van der Waals surface area contributed by atoms with Crippen LogP contribution < -0.4 is 10.6 Å². The van der Waals surface area contributed by atoms with Gasteiger partial charge >= 0.3 is 18.2 Å². The van der Waals surface area contributed by atoms with Crippen LogP contribution in [-0.2, 0) is 23.8 Å². The van der Waals surface area contributed by atoms with Gasteiger partial charge < -0.3 is 29.7 Å². The van der Waals surface area contributed by atoms with E-state index in [1.54, 1.807) is 27.7 Å². The smallest absolute Gasteiger partial charge is 0.408 e. The average Bonchev–Trinajstić information content (AvgIpc) is 2.60. The molecule has 0 aliphatic carbocycles. The van der Waals surface area contributed by atoms with Gasteiger partial charge in [-0.05, 0) is 34.1 Å². The number of rotatable bonds is 9. The maximum Gasteiger partial charge on any atom is 0.408 e. The predicted molar refractivity (Wildman–Crippen MR) is 97.1 cm³/mol. The molecule has 0 bridgehead atoms. The third-order valence-corrected chi connectivity index (χ3v) is 3.10. The van der Waals surface area contributed by atoms with Crippen molar-refractivity contribution < 1.29 is 34.8 Å². The molecule has 0 fully saturated rings. The summed E-state index contributed by atoms with van der Waals surface area (Å²) in [6.07, 6.45) is -1.53. The molecule has 0 radical (unpaired) electrons. The van der Waals surface area contributed by atoms with Gasteiger partial charge in [-0.15, -0.1) is 0 Å². The third-order valence-electron chi connectivity index (χ3n) is 3.10. The van der Waals surface area contributed by atoms with Crippen molar-refractivity contribution in [1.29, 1.82) is 0 Å². The predicted octanol–water partition coefficient (Wildman–Crippen LogP) is 1.04. The van der Waals surface area contributed by atoms with E-state index in [2.05, 4.69) is 15.4 Å². The number of methoxy groups -OCH3 is 1. The monoisotopic (exact) mass is 390 g/mol. The first-order chi connectivity index (χ1) is 13.0. The van der Waals surface area contributed by atoms with Gasteiger partial charge in [0.25, 0.3) is 0 Å². The molecule has 0 unspecified atom stereocenters. The minimum Gasteiger partial charge on any atom is -0.467 e. The molecule has 0 aromatic rings. The van der Waals surface area contributed by atoms with E-state index < -0.39 is 35.7 Å². The molecule has 0 aliphatic heterocycles. The Morgan fingerprint density at radius 3 is 2.37 bits per heavy atom. The van der Waals surface area contributed by atoms with Gasteiger partial charge in [0.15, 0.2) is 0 Å². The maximum absolute atomic E-state index is 12.3. The van der Waals surface area contributed by atoms with E-state index in [1.807, 2.05) is 0 Å². The molecule has 0 rings (SSSR count). The number of likely N-dealkylation sites (N-methyl/N-ethyl adjacent to an activating group) is 1. The van der Waals surface area contributed by atoms with Crippen molar-refractivity contribution in [3.63, 3.8) is 0 Å². The molecule has 156 valence electrons. The minimum absolute atomic E-state index is 0.0213. The summed E-state index contributed by atoms with van der Waals surface area (Å²) in [5, 5.41) is 4.84. The van der Waals surface area contributed by atoms with E-state index >= 15 is 0 Å². The molecule has 0 aromatic heterocycles. The quantitative estimate of drug-likeness (QED) is 0.445. The van der Waals surface area contributed by atoms with Crippen LogP contribution in [0.5, 0.6) is 0 Å². The van der Waals surface area contributed by atoms with Crippen LogP contribution in [0.25, 0.3) is 0 Å². The summed E-state index contributed by atoms with van der Waals surface area (Å²) < 4.78 is 21.9. The zero-order chi connectivity index (χ0) is 21.7. The minimum atomic E-state index is -1.06. The van der Waals surface area contributed by atoms with Crippen LogP contribution in [0.1, 0.15) is 41.9 Å². The molecule has 10 nitrogen and oxygen atoms in total. The fourth-order valence-corrected chi connectivity index (χ4v) is 1.87. The van der Waals surface area contributed by atoms with Crippen molar-refractivity contribution in [2.24, 2.45) is 0 Å². The number of alkyl carbamates (subject to hydrolysis) is 2. The summed E-state index contributed by atoms with van der Waals surface area (Å²) in [6.45, 7) is 7.18. The lowest BCUT2D eigenvalue weighted by molar-refractivity contribution is -0.143. The topological polar surface area (TPSA) is 123 Å². The van der Waals surface area contributed by atoms with E-state index in [9.17, 15) is 19.2 Å². The number of hydrogen-bond donors (Lipinski definition) is 2. The molecular formula is C17H31N3O7. The normalized spacial score (nSPS) is 12.3. The van der Waals surface area contributed by atoms with Crippen LogP contribution in [0, 0.1) is 0 Å². The Bertz CT molecular complexity index is 537. The van der Waals surface area contributed by atoms with E-state index in [0.29, 0.717) is 0 Å². The van der Waals surface area contributed by atoms with Gasteiger partial charge in [-0.1, -0.05) is 0 Å². The van der Waals surface area contributed by atoms with Crippen LogP contribution in [0.4, 0.5) is 9.59 Å². The number of hydrogen-bond acceptors (Lipinski definition) is 7. The highest BCUT2D eigenvalue weighted by atomic mass is 16.6. The number of esters is 1. The van der Waals surface area contributed by atoms with E-state index in [0.717, 1.165) is 0 Å². The molecule has 10 heteroatoms. The lowest BCUT2D eigenvalue weighted by Crippen LogP contribution is -2.44. The summed E-state index contributed by atoms with van der Waals surface area (Å²) in [7, 11) is 0.858. The van der Waals surface area contributed by atoms with Gasteiger partial charge in [-0.3, -0.25) is 4.79 Å². The van der Waals surface area contributed by atoms with Crippen molar-refractivity contribution in [2.75, 3.05) is 33.8 Å². The molecule has 3 amide bonds. The highest BCUT2D eigenvalue weighted by Gasteiger charge is 2.26. The van der Waals surface area contributed by atoms with Gasteiger partial charge in [0.2, 0.25) is 5.91 Å². The van der Waals surface area contributed by atoms with Gasteiger partial charge in [0.05, 0.1) is 13.7 Å². The van der Waals surface area contributed by atoms with Crippen molar-refractivity contribution >= 4 is 24.1 Å². The first-order valence-electron chi connectivity index (χ1n) is 9.29. The molecule has 0 saturated carbocycles. The Morgan fingerprint density at radius 1 is 1.19 bits per heavy atom. The Hall–Kier alpha value is -2.52. The summed E-state index contributed by atoms with van der Waals surface area (Å²) in [6, 6.07) is -1.06. The lowest BCUT2D eigenvalue weighted by Gasteiger charge is -2.23. The zero-order valence-electron chi connectivity index (χ0n) is 17.6. The molecule has 1 atom stereocenters. The molecule has 0 heterocycles. The zero-order valence-corrected chi connectivity index (χ0v) is 16.6. The van der Waals surface area contributed by atoms with Crippen LogP contribution in [0.2, 0.25) is 0 Å². The second kappa shape index (κ2) is 12.0. The lowest BCUT2D eigenvalue weighted by atomic mass is 10.1. The van der Waals surface area contributed by atoms with Gasteiger partial charge in [-0.2, -0.15) is 0 Å². The largest absolute Gasteiger partial charge is 0.467 e. The molecular weight excluding hydrogens is 358 g/mol. The second-order valence-electron chi connectivity index (χ2n) is 6.57. The molecule has 0 aliphatic rings. The van der Waals surface area contributed by atoms with Crippen LogP contribution in [-0.4, -0.2) is 74.4 Å². The van der Waals surface area contributed by atoms with Crippen molar-refractivity contribution in [2.45, 2.75) is 52.2 Å². The fourth-order valence-electron chi connectivity index (χ4n) is 1.87. The number of ether oxygens (including phenoxy) is 3. The van der Waals surface area contributed by atoms with Crippen LogP contribution in [0.3, 0.4) is 0 Å². The Labute approximate surface area is 161 Å². The van der Waals surface area contributed by atoms with Gasteiger partial charge in [0, 0.05) is 27.9 Å². The average molecular weight is 390 g/mol. The maximum atomic E-state index is 12.3. The van der Waals surface area contributed by atoms with Crippen LogP contribution >= 0.6 is 0 Å². The molecule has 0 spiro atoms. The standard InChI is InChI=1S/C17H31N3O7/c1-7-26-15(23)18-10-11-20(5)13(21)9-8-12(14(22)25-6)19-16(24)27-17(2,3)4/h12H,7-11H2,1-6H3,(H,18,23)(H,19,24)/t12-/m0/s1/i5D. The number of nitrogens with zero attached hydrogens (tertiary/aromatic N) is 1. The van der Waals surface area contributed by atoms with E-state index in [1.165, 1.54) is 12.0 Å². The number of nitrogens with one attached hydrogen (secondary N) is 2. The van der Waals surface area contributed by atoms with Crippen LogP contribution in [0.15, 0.2) is 0 Å².